The zero-order valence-corrected chi connectivity index (χ0v) is 16.7. The molecule has 3 atom stereocenters. The van der Waals surface area contributed by atoms with Gasteiger partial charge in [0.05, 0.1) is 24.5 Å². The van der Waals surface area contributed by atoms with Gasteiger partial charge in [0.25, 0.3) is 0 Å². The van der Waals surface area contributed by atoms with Crippen LogP contribution >= 0.6 is 0 Å². The van der Waals surface area contributed by atoms with Crippen LogP contribution in [0.4, 0.5) is 0 Å². The fourth-order valence-electron chi connectivity index (χ4n) is 3.67. The number of esters is 2. The van der Waals surface area contributed by atoms with Crippen LogP contribution in [0.3, 0.4) is 0 Å². The fraction of sp³-hybridized carbons (Fsp3) is 0.905. The van der Waals surface area contributed by atoms with Crippen molar-refractivity contribution in [3.8, 4) is 0 Å². The molecule has 0 spiro atoms. The molecule has 1 aliphatic rings. The van der Waals surface area contributed by atoms with Crippen molar-refractivity contribution in [2.24, 2.45) is 17.8 Å². The topological polar surface area (TPSA) is 52.6 Å². The lowest BCUT2D eigenvalue weighted by Gasteiger charge is -2.27. The molecule has 0 radical (unpaired) electrons. The Morgan fingerprint density at radius 3 is 2.24 bits per heavy atom. The number of ether oxygens (including phenoxy) is 2. The molecular formula is C21H38O4. The number of carbonyl (C=O) groups is 2. The van der Waals surface area contributed by atoms with Gasteiger partial charge in [-0.2, -0.15) is 0 Å². The van der Waals surface area contributed by atoms with E-state index in [1.807, 2.05) is 13.8 Å². The van der Waals surface area contributed by atoms with Gasteiger partial charge in [0.1, 0.15) is 0 Å². The lowest BCUT2D eigenvalue weighted by molar-refractivity contribution is -0.157. The SMILES string of the molecule is CCCCCC(CCC)COC(=O)C1CCCC(C(=O)OC(C)C)C1. The fourth-order valence-corrected chi connectivity index (χ4v) is 3.67. The molecule has 4 heteroatoms. The Morgan fingerprint density at radius 1 is 0.960 bits per heavy atom. The van der Waals surface area contributed by atoms with Crippen LogP contribution in [0.2, 0.25) is 0 Å². The summed E-state index contributed by atoms with van der Waals surface area (Å²) in [6, 6.07) is 0. The highest BCUT2D eigenvalue weighted by Gasteiger charge is 2.33. The highest BCUT2D eigenvalue weighted by molar-refractivity contribution is 5.76. The Morgan fingerprint density at radius 2 is 1.64 bits per heavy atom. The summed E-state index contributed by atoms with van der Waals surface area (Å²) >= 11 is 0. The van der Waals surface area contributed by atoms with E-state index in [0.717, 1.165) is 38.5 Å². The van der Waals surface area contributed by atoms with Gasteiger partial charge in [-0.1, -0.05) is 46.0 Å². The molecule has 0 heterocycles. The van der Waals surface area contributed by atoms with E-state index in [0.29, 0.717) is 18.9 Å². The van der Waals surface area contributed by atoms with Crippen LogP contribution in [0.1, 0.15) is 91.9 Å². The van der Waals surface area contributed by atoms with E-state index in [4.69, 9.17) is 9.47 Å². The first-order valence-electron chi connectivity index (χ1n) is 10.3. The van der Waals surface area contributed by atoms with Crippen molar-refractivity contribution in [3.63, 3.8) is 0 Å². The van der Waals surface area contributed by atoms with Crippen LogP contribution in [0, 0.1) is 17.8 Å². The first kappa shape index (κ1) is 22.0. The third-order valence-corrected chi connectivity index (χ3v) is 5.07. The van der Waals surface area contributed by atoms with Crippen LogP contribution < -0.4 is 0 Å². The molecule has 4 nitrogen and oxygen atoms in total. The van der Waals surface area contributed by atoms with Gasteiger partial charge >= 0.3 is 11.9 Å². The largest absolute Gasteiger partial charge is 0.465 e. The van der Waals surface area contributed by atoms with E-state index in [9.17, 15) is 9.59 Å². The first-order valence-corrected chi connectivity index (χ1v) is 10.3. The summed E-state index contributed by atoms with van der Waals surface area (Å²) in [5.41, 5.74) is 0. The van der Waals surface area contributed by atoms with Crippen molar-refractivity contribution in [2.75, 3.05) is 6.61 Å². The summed E-state index contributed by atoms with van der Waals surface area (Å²) in [6.45, 7) is 8.64. The van der Waals surface area contributed by atoms with Gasteiger partial charge in [-0.3, -0.25) is 9.59 Å². The van der Waals surface area contributed by atoms with Gasteiger partial charge in [0, 0.05) is 0 Å². The second kappa shape index (κ2) is 12.3. The molecule has 0 amide bonds. The maximum absolute atomic E-state index is 12.5. The Kier molecular flexibility index (Phi) is 10.8. The van der Waals surface area contributed by atoms with E-state index < -0.39 is 0 Å². The maximum atomic E-state index is 12.5. The Hall–Kier alpha value is -1.06. The van der Waals surface area contributed by atoms with Crippen molar-refractivity contribution in [2.45, 2.75) is 98.0 Å². The summed E-state index contributed by atoms with van der Waals surface area (Å²) in [4.78, 5) is 24.6. The summed E-state index contributed by atoms with van der Waals surface area (Å²) in [6.07, 6.45) is 10.1. The minimum Gasteiger partial charge on any atom is -0.465 e. The maximum Gasteiger partial charge on any atom is 0.309 e. The van der Waals surface area contributed by atoms with Gasteiger partial charge in [0.2, 0.25) is 0 Å². The molecule has 25 heavy (non-hydrogen) atoms. The van der Waals surface area contributed by atoms with Gasteiger partial charge < -0.3 is 9.47 Å². The van der Waals surface area contributed by atoms with Crippen LogP contribution in [-0.2, 0) is 19.1 Å². The molecule has 1 saturated carbocycles. The minimum absolute atomic E-state index is 0.0993. The highest BCUT2D eigenvalue weighted by Crippen LogP contribution is 2.31. The Bertz CT molecular complexity index is 391. The summed E-state index contributed by atoms with van der Waals surface area (Å²) in [7, 11) is 0. The number of hydrogen-bond acceptors (Lipinski definition) is 4. The van der Waals surface area contributed by atoms with Crippen LogP contribution in [-0.4, -0.2) is 24.6 Å². The monoisotopic (exact) mass is 354 g/mol. The van der Waals surface area contributed by atoms with E-state index in [-0.39, 0.29) is 29.9 Å². The van der Waals surface area contributed by atoms with Crippen molar-refractivity contribution in [1.82, 2.24) is 0 Å². The Balaban J connectivity index is 2.42. The third-order valence-electron chi connectivity index (χ3n) is 5.07. The quantitative estimate of drug-likeness (QED) is 0.374. The van der Waals surface area contributed by atoms with Crippen molar-refractivity contribution < 1.29 is 19.1 Å². The lowest BCUT2D eigenvalue weighted by Crippen LogP contribution is -2.31. The molecule has 1 fully saturated rings. The number of hydrogen-bond donors (Lipinski definition) is 0. The third kappa shape index (κ3) is 8.73. The van der Waals surface area contributed by atoms with Gasteiger partial charge in [-0.25, -0.2) is 0 Å². The zero-order chi connectivity index (χ0) is 18.7. The predicted molar refractivity (Wildman–Crippen MR) is 100 cm³/mol. The predicted octanol–water partition coefficient (Wildman–Crippen LogP) is 5.28. The molecule has 1 aliphatic carbocycles. The van der Waals surface area contributed by atoms with Crippen LogP contribution in [0.25, 0.3) is 0 Å². The number of carbonyl (C=O) groups excluding carboxylic acids is 2. The van der Waals surface area contributed by atoms with Crippen molar-refractivity contribution >= 4 is 11.9 Å². The normalized spacial score (nSPS) is 21.8. The lowest BCUT2D eigenvalue weighted by atomic mass is 9.81. The number of rotatable bonds is 11. The molecule has 0 aliphatic heterocycles. The molecule has 0 saturated heterocycles. The van der Waals surface area contributed by atoms with Crippen LogP contribution in [0.5, 0.6) is 0 Å². The molecule has 0 aromatic heterocycles. The highest BCUT2D eigenvalue weighted by atomic mass is 16.5. The Labute approximate surface area is 154 Å². The van der Waals surface area contributed by atoms with E-state index in [1.54, 1.807) is 0 Å². The molecular weight excluding hydrogens is 316 g/mol. The molecule has 0 aromatic rings. The second-order valence-corrected chi connectivity index (χ2v) is 7.83. The van der Waals surface area contributed by atoms with Gasteiger partial charge in [-0.05, 0) is 51.9 Å². The average molecular weight is 355 g/mol. The standard InChI is InChI=1S/C21H38O4/c1-5-7-8-11-17(10-6-2)15-24-20(22)18-12-9-13-19(14-18)21(23)25-16(3)4/h16-19H,5-15H2,1-4H3. The molecule has 0 N–H and O–H groups in total. The van der Waals surface area contributed by atoms with Gasteiger partial charge in [0.15, 0.2) is 0 Å². The second-order valence-electron chi connectivity index (χ2n) is 7.83. The molecule has 0 aromatic carbocycles. The molecule has 146 valence electrons. The average Bonchev–Trinajstić information content (AvgIpc) is 2.59. The summed E-state index contributed by atoms with van der Waals surface area (Å²) < 4.78 is 11.0. The molecule has 1 rings (SSSR count). The molecule has 0 bridgehead atoms. The zero-order valence-electron chi connectivity index (χ0n) is 16.7. The minimum atomic E-state index is -0.157. The smallest absolute Gasteiger partial charge is 0.309 e. The van der Waals surface area contributed by atoms with Crippen LogP contribution in [0.15, 0.2) is 0 Å². The van der Waals surface area contributed by atoms with Crippen molar-refractivity contribution in [1.29, 1.82) is 0 Å². The molecule has 3 unspecified atom stereocenters. The van der Waals surface area contributed by atoms with E-state index in [1.165, 1.54) is 19.3 Å². The van der Waals surface area contributed by atoms with E-state index >= 15 is 0 Å². The number of unbranched alkanes of at least 4 members (excludes halogenated alkanes) is 2. The van der Waals surface area contributed by atoms with Gasteiger partial charge in [-0.15, -0.1) is 0 Å². The van der Waals surface area contributed by atoms with E-state index in [2.05, 4.69) is 13.8 Å². The first-order chi connectivity index (χ1) is 12.0. The summed E-state index contributed by atoms with van der Waals surface area (Å²) in [5, 5.41) is 0. The summed E-state index contributed by atoms with van der Waals surface area (Å²) in [5.74, 6) is -0.0820. The van der Waals surface area contributed by atoms with Crippen molar-refractivity contribution in [3.05, 3.63) is 0 Å².